The molecule has 45 heteroatoms. The minimum Gasteiger partial charge on any atom is -0.508 e. The number of aliphatic imine (C=N–C) groups is 5. The zero-order chi connectivity index (χ0) is 91.4. The number of nitrogens with two attached hydrogens (primary N) is 7. The number of phenols is 2. The topological polar surface area (TPSA) is 812 Å². The van der Waals surface area contributed by atoms with Crippen molar-refractivity contribution in [3.8, 4) is 17.8 Å². The number of rotatable bonds is 35. The van der Waals surface area contributed by atoms with Gasteiger partial charge in [0.15, 0.2) is 0 Å². The van der Waals surface area contributed by atoms with Crippen molar-refractivity contribution in [3.05, 3.63) is 23.8 Å². The molecule has 4 rings (SSSR count). The van der Waals surface area contributed by atoms with Crippen molar-refractivity contribution in [2.24, 2.45) is 109 Å². The van der Waals surface area contributed by atoms with E-state index in [1.165, 1.54) is 6.92 Å². The lowest BCUT2D eigenvalue weighted by atomic mass is 9.63. The van der Waals surface area contributed by atoms with Crippen molar-refractivity contribution >= 4 is 78.2 Å². The van der Waals surface area contributed by atoms with E-state index in [1.54, 1.807) is 36.7 Å². The van der Waals surface area contributed by atoms with Crippen molar-refractivity contribution < 1.29 is 146 Å². The fourth-order valence-electron chi connectivity index (χ4n) is 11.3. The highest BCUT2D eigenvalue weighted by Gasteiger charge is 2.43. The summed E-state index contributed by atoms with van der Waals surface area (Å²) in [4.78, 5) is 136. The molecule has 3 saturated carbocycles. The summed E-state index contributed by atoms with van der Waals surface area (Å²) in [5.41, 5.74) is 33.3. The van der Waals surface area contributed by atoms with Gasteiger partial charge < -0.3 is 116 Å². The normalized spacial score (nSPS) is 18.9. The molecule has 8 atom stereocenters. The summed E-state index contributed by atoms with van der Waals surface area (Å²) in [6.07, 6.45) is 24.4. The average Bonchev–Trinajstić information content (AvgIpc) is 0.806. The third-order valence-electron chi connectivity index (χ3n) is 16.9. The highest BCUT2D eigenvalue weighted by molar-refractivity contribution is 7.85. The van der Waals surface area contributed by atoms with Gasteiger partial charge in [-0.05, 0) is 156 Å². The first-order chi connectivity index (χ1) is 53.8. The number of phosphoric acid groups is 1. The molecule has 29 N–H and O–H groups in total. The van der Waals surface area contributed by atoms with E-state index >= 15 is 0 Å². The Morgan fingerprint density at radius 3 is 1.28 bits per heavy atom. The number of carbonyl (C=O) groups is 5. The molecule has 43 nitrogen and oxygen atoms in total. The van der Waals surface area contributed by atoms with Gasteiger partial charge >= 0.3 is 37.7 Å². The van der Waals surface area contributed by atoms with E-state index in [1.807, 2.05) is 6.92 Å². The highest BCUT2D eigenvalue weighted by atomic mass is 32.2. The van der Waals surface area contributed by atoms with E-state index in [4.69, 9.17) is 126 Å². The molecule has 7 unspecified atom stereocenters. The number of phosphoric ester groups is 1. The first-order valence-corrected chi connectivity index (χ1v) is 39.6. The van der Waals surface area contributed by atoms with Crippen molar-refractivity contribution in [2.75, 3.05) is 104 Å². The Hall–Kier alpha value is -8.10. The summed E-state index contributed by atoms with van der Waals surface area (Å²) in [5, 5.41) is 110. The second kappa shape index (κ2) is 68.9. The molecule has 3 aliphatic carbocycles. The number of carboxylic acids is 5. The smallest absolute Gasteiger partial charge is 0.469 e. The Morgan fingerprint density at radius 1 is 0.621 bits per heavy atom. The minimum absolute atomic E-state index is 0.00750. The molecule has 670 valence electrons. The number of aromatic carboxylic acids is 1. The number of aliphatic hydroxyl groups excluding tert-OH is 5. The Kier molecular flexibility index (Phi) is 71.9. The van der Waals surface area contributed by atoms with E-state index in [-0.39, 0.29) is 109 Å². The summed E-state index contributed by atoms with van der Waals surface area (Å²) in [6.45, 7) is 17.8. The van der Waals surface area contributed by atoms with Gasteiger partial charge in [0.25, 0.3) is 16.4 Å². The molecule has 0 spiro atoms. The summed E-state index contributed by atoms with van der Waals surface area (Å²) in [5.74, 6) is -5.03. The van der Waals surface area contributed by atoms with Crippen LogP contribution in [-0.2, 0) is 67.1 Å². The summed E-state index contributed by atoms with van der Waals surface area (Å²) in [7, 11) is -8.06. The van der Waals surface area contributed by atoms with Gasteiger partial charge in [0.1, 0.15) is 35.6 Å². The van der Waals surface area contributed by atoms with Gasteiger partial charge in [-0.15, -0.1) is 0 Å². The number of aliphatic hydroxyl groups is 5. The number of benzene rings is 1. The predicted octanol–water partition coefficient (Wildman–Crippen LogP) is 1.69. The number of unbranched alkanes of at least 4 members (excludes halogenated alkanes) is 2. The van der Waals surface area contributed by atoms with Crippen molar-refractivity contribution in [1.29, 1.82) is 5.26 Å². The molecular weight excluding hydrogens is 1580 g/mol. The first-order valence-electron chi connectivity index (χ1n) is 36.5. The molecule has 1 aromatic carbocycles. The Labute approximate surface area is 677 Å². The Balaban J connectivity index is -0.000000228. The van der Waals surface area contributed by atoms with Crippen LogP contribution in [0.2, 0.25) is 0 Å². The molecule has 3 fully saturated rings. The predicted molar refractivity (Wildman–Crippen MR) is 423 cm³/mol. The van der Waals surface area contributed by atoms with E-state index in [0.717, 1.165) is 108 Å². The highest BCUT2D eigenvalue weighted by Crippen LogP contribution is 2.48. The van der Waals surface area contributed by atoms with Crippen LogP contribution in [0.5, 0.6) is 11.5 Å². The van der Waals surface area contributed by atoms with Crippen LogP contribution in [0, 0.1) is 55.8 Å². The minimum atomic E-state index is -4.26. The van der Waals surface area contributed by atoms with Gasteiger partial charge in [0.05, 0.1) is 89.1 Å². The molecule has 3 aliphatic rings. The van der Waals surface area contributed by atoms with Gasteiger partial charge in [0.2, 0.25) is 30.4 Å². The monoisotopic (exact) mass is 1710 g/mol. The van der Waals surface area contributed by atoms with Crippen LogP contribution in [0.3, 0.4) is 0 Å². The van der Waals surface area contributed by atoms with Crippen molar-refractivity contribution in [1.82, 2.24) is 0 Å². The van der Waals surface area contributed by atoms with Gasteiger partial charge in [0, 0.05) is 31.1 Å². The zero-order valence-electron chi connectivity index (χ0n) is 67.6. The Morgan fingerprint density at radius 2 is 1.03 bits per heavy atom. The van der Waals surface area contributed by atoms with Gasteiger partial charge in [-0.2, -0.15) is 13.7 Å². The third kappa shape index (κ3) is 71.2. The molecule has 0 heterocycles. The zero-order valence-corrected chi connectivity index (χ0v) is 69.4. The SMILES string of the molecule is CC(CO)(CO)C(=O)O.CC1(C)CC(N=C=O)CC(C)(CN=C=O)C1.CC1(C)CC(N=C=O)CC(C)(CN=C=O)C1.CCC(CO)(CO)CO.N#COCC1CCCC(CN=C=O)C1.NCCC(=O)O.NCCCCC(N)C(=O)O.NCCCC[C@H](N)C(=O)O.NCCOP(=O)(O)O.NCCS(=O)(=O)O.O=C(O)c1cc(O)cc(O)c1. The molecule has 0 aromatic heterocycles. The molecular formula is C71H130N13O30PS. The van der Waals surface area contributed by atoms with E-state index in [2.05, 4.69) is 71.0 Å². The first kappa shape index (κ1) is 121. The number of hydrogen-bond donors (Lipinski definition) is 22. The molecule has 116 heavy (non-hydrogen) atoms. The van der Waals surface area contributed by atoms with Crippen molar-refractivity contribution in [3.63, 3.8) is 0 Å². The summed E-state index contributed by atoms with van der Waals surface area (Å²) < 4.78 is 45.8. The number of nitrogens with zero attached hydrogens (tertiary/aromatic N) is 6. The third-order valence-corrected chi connectivity index (χ3v) is 18.1. The number of carboxylic acid groups (broad SMARTS) is 5. The molecule has 0 amide bonds. The maximum absolute atomic E-state index is 10.3. The number of carbonyl (C=O) groups excluding carboxylic acids is 5. The number of ether oxygens (including phenoxy) is 1. The van der Waals surface area contributed by atoms with Crippen LogP contribution in [-0.4, -0.2) is 273 Å². The van der Waals surface area contributed by atoms with E-state index in [0.29, 0.717) is 70.4 Å². The number of isocyanates is 5. The van der Waals surface area contributed by atoms with Crippen LogP contribution < -0.4 is 40.1 Å². The van der Waals surface area contributed by atoms with E-state index in [9.17, 15) is 60.9 Å². The fourth-order valence-corrected chi connectivity index (χ4v) is 12.0. The quantitative estimate of drug-likeness (QED) is 0.0115. The van der Waals surface area contributed by atoms with Crippen LogP contribution in [0.1, 0.15) is 181 Å². The lowest BCUT2D eigenvalue weighted by Gasteiger charge is -2.44. The second-order valence-electron chi connectivity index (χ2n) is 29.5. The number of nitriles is 1. The molecule has 0 saturated heterocycles. The average molecular weight is 1710 g/mol. The molecule has 0 aliphatic heterocycles. The van der Waals surface area contributed by atoms with Crippen LogP contribution in [0.15, 0.2) is 43.2 Å². The second-order valence-corrected chi connectivity index (χ2v) is 32.4. The molecule has 0 bridgehead atoms. The van der Waals surface area contributed by atoms with Crippen LogP contribution in [0.4, 0.5) is 0 Å². The van der Waals surface area contributed by atoms with Crippen LogP contribution in [0.25, 0.3) is 0 Å². The number of hydrogen-bond acceptors (Lipinski definition) is 35. The largest absolute Gasteiger partial charge is 0.508 e. The lowest BCUT2D eigenvalue weighted by molar-refractivity contribution is -0.153. The van der Waals surface area contributed by atoms with Crippen molar-refractivity contribution in [2.45, 2.75) is 195 Å². The van der Waals surface area contributed by atoms with E-state index < -0.39 is 83.9 Å². The number of aliphatic carboxylic acids is 4. The van der Waals surface area contributed by atoms with Crippen LogP contribution >= 0.6 is 7.82 Å². The summed E-state index contributed by atoms with van der Waals surface area (Å²) in [6, 6.07) is 1.76. The standard InChI is InChI=1S/2C12H18N2O2.C10H14N2O2.C7H6O4.2C6H14N2O2.C6H14O3.C5H10O4.C3H7NO2.C2H8NO4P.C2H7NO3S/c2*1-11(2)4-10(14-9-16)5-12(3,6-11)7-13-8-15;11-7-14-6-10-3-1-2-9(4-10)5-12-8-13;8-5-1-4(7(10)11)2-6(9)3-5;2*7-4-2-1-3-5(8)6(9)10;1-2-6(3-7,4-8)5-9;1-5(2-6,3-7)4(8)9;4-2-1-3(5)6;3-1-2-7-8(4,5)6;3-1-2-7(4,5)6/h2*10H,4-7H2,1-3H3;9-10H,1-6H2;1-3,8-9H,(H,10,11);2*5H,1-4,7-8H2,(H,9,10);7-9H,2-5H2,1H3;6-7H,2-3H2,1H3,(H,8,9);1-2,4H2,(H,5,6);1-3H2,(H2,4,5,6);1-3H2,(H,4,5,6)/t;;;;5-;;;;;;/m....0....../s1. The maximum atomic E-state index is 10.3. The Bertz CT molecular complexity index is 3220. The molecule has 0 radical (unpaired) electrons. The lowest BCUT2D eigenvalue weighted by Crippen LogP contribution is -2.39. The number of phenolic OH excluding ortho intramolecular Hbond substituents is 2. The molecule has 1 aromatic rings. The summed E-state index contributed by atoms with van der Waals surface area (Å²) >= 11 is 0. The number of aromatic hydroxyl groups is 2. The van der Waals surface area contributed by atoms with Gasteiger partial charge in [-0.25, -0.2) is 58.3 Å². The van der Waals surface area contributed by atoms with Gasteiger partial charge in [-0.3, -0.25) is 28.3 Å². The maximum Gasteiger partial charge on any atom is 0.469 e. The fraction of sp³-hybridized carbons (Fsp3) is 0.761. The van der Waals surface area contributed by atoms with Gasteiger partial charge in [-0.1, -0.05) is 67.7 Å².